The third kappa shape index (κ3) is 7.87. The molecule has 1 saturated carbocycles. The van der Waals surface area contributed by atoms with Crippen LogP contribution in [0.4, 0.5) is 10.1 Å². The summed E-state index contributed by atoms with van der Waals surface area (Å²) in [7, 11) is 0. The summed E-state index contributed by atoms with van der Waals surface area (Å²) in [4.78, 5) is 53.8. The molecule has 0 spiro atoms. The Balaban J connectivity index is 1.17. The molecule has 10 nitrogen and oxygen atoms in total. The fraction of sp³-hybridized carbons (Fsp3) is 0.500. The zero-order chi connectivity index (χ0) is 31.9. The number of carbonyl (C=O) groups is 3. The molecule has 1 saturated heterocycles. The summed E-state index contributed by atoms with van der Waals surface area (Å²) in [6, 6.07) is 6.35. The van der Waals surface area contributed by atoms with Crippen molar-refractivity contribution in [2.45, 2.75) is 77.3 Å². The third-order valence-electron chi connectivity index (χ3n) is 8.71. The van der Waals surface area contributed by atoms with Crippen LogP contribution in [0, 0.1) is 5.82 Å². The zero-order valence-corrected chi connectivity index (χ0v) is 26.0. The Hall–Kier alpha value is -4.28. The molecule has 11 heteroatoms. The number of unbranched alkanes of at least 4 members (excludes halogenated alkanes) is 6. The number of carboxylic acids is 1. The first-order valence-corrected chi connectivity index (χ1v) is 16.2. The standard InChI is InChI=1S/C34H42FN5O5/c1-2-3-4-5-6-7-8-13-36-31(41)23-37-14-9-10-24(21-37)33(43)39-17-15-38(16-18-39)30-20-29-26(19-28(30)35)32(42)27(34(44)45)22-40(29)25-11-12-25/h9-10,14,19-22,25H,2-8,11-13,15-18,23H2,1H3,(H-,36,41,44,45)/p+1. The molecule has 2 N–H and O–H groups in total. The van der Waals surface area contributed by atoms with Gasteiger partial charge in [-0.15, -0.1) is 0 Å². The number of anilines is 1. The lowest BCUT2D eigenvalue weighted by Gasteiger charge is -2.36. The third-order valence-corrected chi connectivity index (χ3v) is 8.71. The molecule has 1 aliphatic heterocycles. The molecule has 2 amide bonds. The van der Waals surface area contributed by atoms with Crippen molar-refractivity contribution in [2.24, 2.45) is 0 Å². The summed E-state index contributed by atoms with van der Waals surface area (Å²) in [5.41, 5.74) is 0.265. The summed E-state index contributed by atoms with van der Waals surface area (Å²) in [6.07, 6.45) is 14.9. The van der Waals surface area contributed by atoms with Gasteiger partial charge in [-0.1, -0.05) is 45.4 Å². The fourth-order valence-corrected chi connectivity index (χ4v) is 6.02. The van der Waals surface area contributed by atoms with Gasteiger partial charge in [0.15, 0.2) is 12.4 Å². The molecule has 0 unspecified atom stereocenters. The van der Waals surface area contributed by atoms with Gasteiger partial charge in [0.1, 0.15) is 16.9 Å². The number of fused-ring (bicyclic) bond motifs is 1. The quantitative estimate of drug-likeness (QED) is 0.205. The fourth-order valence-electron chi connectivity index (χ4n) is 6.02. The van der Waals surface area contributed by atoms with Crippen molar-refractivity contribution in [3.05, 3.63) is 70.0 Å². The van der Waals surface area contributed by atoms with Gasteiger partial charge in [0, 0.05) is 56.4 Å². The van der Waals surface area contributed by atoms with Gasteiger partial charge in [-0.3, -0.25) is 14.4 Å². The van der Waals surface area contributed by atoms with Gasteiger partial charge in [-0.05, 0) is 37.5 Å². The topological polar surface area (TPSA) is 116 Å². The molecule has 3 heterocycles. The zero-order valence-electron chi connectivity index (χ0n) is 26.0. The van der Waals surface area contributed by atoms with Gasteiger partial charge < -0.3 is 24.8 Å². The smallest absolute Gasteiger partial charge is 0.341 e. The highest BCUT2D eigenvalue weighted by Gasteiger charge is 2.29. The maximum Gasteiger partial charge on any atom is 0.341 e. The first-order chi connectivity index (χ1) is 21.8. The number of nitrogens with one attached hydrogen (secondary N) is 1. The number of piperazine rings is 1. The first-order valence-electron chi connectivity index (χ1n) is 16.2. The number of aromatic nitrogens is 2. The maximum absolute atomic E-state index is 15.4. The summed E-state index contributed by atoms with van der Waals surface area (Å²) >= 11 is 0. The number of halogens is 1. The number of pyridine rings is 2. The second-order valence-corrected chi connectivity index (χ2v) is 12.2. The van der Waals surface area contributed by atoms with E-state index < -0.39 is 17.2 Å². The van der Waals surface area contributed by atoms with E-state index in [9.17, 15) is 24.3 Å². The second-order valence-electron chi connectivity index (χ2n) is 12.2. The predicted octanol–water partition coefficient (Wildman–Crippen LogP) is 4.29. The molecule has 2 fully saturated rings. The van der Waals surface area contributed by atoms with Crippen molar-refractivity contribution in [2.75, 3.05) is 37.6 Å². The molecule has 45 heavy (non-hydrogen) atoms. The van der Waals surface area contributed by atoms with E-state index >= 15 is 4.39 Å². The Morgan fingerprint density at radius 1 is 1.02 bits per heavy atom. The minimum absolute atomic E-state index is 0.0562. The summed E-state index contributed by atoms with van der Waals surface area (Å²) < 4.78 is 18.8. The normalized spacial score (nSPS) is 15.0. The molecule has 1 aliphatic carbocycles. The van der Waals surface area contributed by atoms with E-state index in [1.807, 2.05) is 4.90 Å². The number of nitrogens with zero attached hydrogens (tertiary/aromatic N) is 4. The second kappa shape index (κ2) is 14.7. The van der Waals surface area contributed by atoms with Gasteiger partial charge in [0.2, 0.25) is 12.0 Å². The predicted molar refractivity (Wildman–Crippen MR) is 169 cm³/mol. The summed E-state index contributed by atoms with van der Waals surface area (Å²) in [6.45, 7) is 4.51. The molecule has 0 radical (unpaired) electrons. The SMILES string of the molecule is CCCCCCCCCNC(=O)C[n+]1cccc(C(=O)N2CCN(c3cc4c(cc3F)c(=O)c(C(=O)O)cn4C3CC3)CC2)c1. The molecule has 0 atom stereocenters. The molecule has 3 aromatic rings. The Labute approximate surface area is 262 Å². The van der Waals surface area contributed by atoms with E-state index in [0.29, 0.717) is 49.5 Å². The minimum atomic E-state index is -1.33. The van der Waals surface area contributed by atoms with Crippen LogP contribution in [0.15, 0.2) is 47.7 Å². The van der Waals surface area contributed by atoms with Gasteiger partial charge in [0.25, 0.3) is 11.8 Å². The van der Waals surface area contributed by atoms with Crippen LogP contribution in [0.3, 0.4) is 0 Å². The Bertz CT molecular complexity index is 1610. The van der Waals surface area contributed by atoms with Crippen LogP contribution in [-0.2, 0) is 11.3 Å². The Morgan fingerprint density at radius 3 is 2.42 bits per heavy atom. The van der Waals surface area contributed by atoms with E-state index in [2.05, 4.69) is 12.2 Å². The van der Waals surface area contributed by atoms with Crippen molar-refractivity contribution in [3.63, 3.8) is 0 Å². The Morgan fingerprint density at radius 2 is 1.73 bits per heavy atom. The van der Waals surface area contributed by atoms with Crippen LogP contribution in [-0.4, -0.2) is 65.1 Å². The van der Waals surface area contributed by atoms with Gasteiger partial charge in [-0.25, -0.2) is 9.18 Å². The number of benzene rings is 1. The number of amides is 2. The lowest BCUT2D eigenvalue weighted by atomic mass is 10.1. The minimum Gasteiger partial charge on any atom is -0.477 e. The van der Waals surface area contributed by atoms with Gasteiger partial charge in [-0.2, -0.15) is 4.57 Å². The van der Waals surface area contributed by atoms with Crippen molar-refractivity contribution >= 4 is 34.4 Å². The highest BCUT2D eigenvalue weighted by molar-refractivity contribution is 5.94. The van der Waals surface area contributed by atoms with E-state index in [1.54, 1.807) is 44.6 Å². The van der Waals surface area contributed by atoms with Gasteiger partial charge in [0.05, 0.1) is 11.2 Å². The van der Waals surface area contributed by atoms with Crippen LogP contribution in [0.25, 0.3) is 10.9 Å². The number of aromatic carboxylic acids is 1. The maximum atomic E-state index is 15.4. The molecular weight excluding hydrogens is 577 g/mol. The largest absolute Gasteiger partial charge is 0.477 e. The molecule has 5 rings (SSSR count). The molecule has 240 valence electrons. The van der Waals surface area contributed by atoms with E-state index in [0.717, 1.165) is 31.7 Å². The molecular formula is C34H43FN5O5+. The summed E-state index contributed by atoms with van der Waals surface area (Å²) in [5.74, 6) is -2.17. The molecule has 0 bridgehead atoms. The monoisotopic (exact) mass is 620 g/mol. The van der Waals surface area contributed by atoms with Crippen LogP contribution in [0.1, 0.15) is 91.5 Å². The van der Waals surface area contributed by atoms with Crippen LogP contribution >= 0.6 is 0 Å². The van der Waals surface area contributed by atoms with Gasteiger partial charge >= 0.3 is 5.97 Å². The van der Waals surface area contributed by atoms with Crippen LogP contribution < -0.4 is 20.2 Å². The molecule has 1 aromatic carbocycles. The van der Waals surface area contributed by atoms with E-state index in [4.69, 9.17) is 0 Å². The average Bonchev–Trinajstić information content (AvgIpc) is 3.88. The van der Waals surface area contributed by atoms with Crippen molar-refractivity contribution in [1.29, 1.82) is 0 Å². The number of hydrogen-bond acceptors (Lipinski definition) is 5. The highest BCUT2D eigenvalue weighted by Crippen LogP contribution is 2.38. The first kappa shape index (κ1) is 32.1. The number of carboxylic acid groups (broad SMARTS) is 1. The molecule has 2 aliphatic rings. The lowest BCUT2D eigenvalue weighted by Crippen LogP contribution is -2.49. The van der Waals surface area contributed by atoms with Crippen molar-refractivity contribution in [1.82, 2.24) is 14.8 Å². The summed E-state index contributed by atoms with van der Waals surface area (Å²) in [5, 5.41) is 12.5. The average molecular weight is 621 g/mol. The number of rotatable bonds is 14. The lowest BCUT2D eigenvalue weighted by molar-refractivity contribution is -0.684. The number of carbonyl (C=O) groups excluding carboxylic acids is 2. The van der Waals surface area contributed by atoms with E-state index in [1.165, 1.54) is 38.3 Å². The van der Waals surface area contributed by atoms with Crippen molar-refractivity contribution in [3.8, 4) is 0 Å². The highest BCUT2D eigenvalue weighted by atomic mass is 19.1. The van der Waals surface area contributed by atoms with Crippen LogP contribution in [0.2, 0.25) is 0 Å². The Kier molecular flexibility index (Phi) is 10.5. The number of hydrogen-bond donors (Lipinski definition) is 2. The molecule has 2 aromatic heterocycles. The van der Waals surface area contributed by atoms with E-state index in [-0.39, 0.29) is 35.4 Å². The van der Waals surface area contributed by atoms with Crippen LogP contribution in [0.5, 0.6) is 0 Å². The van der Waals surface area contributed by atoms with Crippen molar-refractivity contribution < 1.29 is 28.4 Å².